The van der Waals surface area contributed by atoms with Gasteiger partial charge in [0, 0.05) is 0 Å². The first-order valence-corrected chi connectivity index (χ1v) is 7.73. The van der Waals surface area contributed by atoms with Gasteiger partial charge in [-0.1, -0.05) is 36.4 Å². The molecule has 0 bridgehead atoms. The van der Waals surface area contributed by atoms with Crippen molar-refractivity contribution in [3.63, 3.8) is 0 Å². The summed E-state index contributed by atoms with van der Waals surface area (Å²) < 4.78 is 0. The normalized spacial score (nSPS) is 8.50. The van der Waals surface area contributed by atoms with Crippen molar-refractivity contribution in [2.24, 2.45) is 0 Å². The molecule has 1 heteroatoms. The molecule has 0 atom stereocenters. The van der Waals surface area contributed by atoms with Crippen LogP contribution in [0.4, 0.5) is 0 Å². The van der Waals surface area contributed by atoms with Crippen LogP contribution in [0.5, 0.6) is 0 Å². The minimum Gasteiger partial charge on any atom is -0.214 e. The van der Waals surface area contributed by atoms with Gasteiger partial charge in [-0.15, -0.1) is 41.8 Å². The third kappa shape index (κ3) is 9.13. The molecule has 0 aromatic heterocycles. The van der Waals surface area contributed by atoms with E-state index in [0.29, 0.717) is 0 Å². The van der Waals surface area contributed by atoms with Gasteiger partial charge in [-0.3, -0.25) is 0 Å². The fourth-order valence-corrected chi connectivity index (χ4v) is 1.93. The van der Waals surface area contributed by atoms with Crippen LogP contribution < -0.4 is 0 Å². The molecular weight excluding hydrogens is 367 g/mol. The Morgan fingerprint density at radius 3 is 1.04 bits per heavy atom. The van der Waals surface area contributed by atoms with Crippen LogP contribution in [-0.4, -0.2) is 0 Å². The Kier molecular flexibility index (Phi) is 11.1. The Balaban J connectivity index is 0.000000216. The van der Waals surface area contributed by atoms with E-state index in [1.54, 1.807) is 0 Å². The molecule has 0 spiro atoms. The topological polar surface area (TPSA) is 0 Å². The summed E-state index contributed by atoms with van der Waals surface area (Å²) in [4.78, 5) is 0. The second-order valence-corrected chi connectivity index (χ2v) is 4.89. The Bertz CT molecular complexity index is 582. The zero-order valence-corrected chi connectivity index (χ0v) is 16.1. The van der Waals surface area contributed by atoms with E-state index in [9.17, 15) is 0 Å². The second kappa shape index (κ2) is 13.3. The molecule has 0 N–H and O–H groups in total. The molecule has 0 fully saturated rings. The molecule has 24 heavy (non-hydrogen) atoms. The fraction of sp³-hybridized carbons (Fsp3) is 0. The van der Waals surface area contributed by atoms with Crippen molar-refractivity contribution >= 4 is 0 Å². The molecule has 1 radical (unpaired) electrons. The van der Waals surface area contributed by atoms with Crippen molar-refractivity contribution < 1.29 is 26.2 Å². The van der Waals surface area contributed by atoms with Crippen molar-refractivity contribution in [3.05, 3.63) is 139 Å². The van der Waals surface area contributed by atoms with Gasteiger partial charge in [0.2, 0.25) is 0 Å². The van der Waals surface area contributed by atoms with Crippen molar-refractivity contribution in [1.29, 1.82) is 0 Å². The van der Waals surface area contributed by atoms with Crippen LogP contribution in [0, 0.1) is 6.42 Å². The Labute approximate surface area is 164 Å². The number of rotatable bonds is 2. The maximum atomic E-state index is 2.17. The number of hydrogen-bond acceptors (Lipinski definition) is 0. The summed E-state index contributed by atoms with van der Waals surface area (Å²) in [6.45, 7) is 0. The van der Waals surface area contributed by atoms with Crippen LogP contribution in [0.2, 0.25) is 0 Å². The van der Waals surface area contributed by atoms with Gasteiger partial charge in [0.1, 0.15) is 0 Å². The van der Waals surface area contributed by atoms with Crippen LogP contribution in [-0.2, 0) is 26.2 Å². The van der Waals surface area contributed by atoms with Crippen molar-refractivity contribution in [2.45, 2.75) is 0 Å². The molecule has 0 saturated heterocycles. The maximum absolute atomic E-state index is 2.17. The minimum absolute atomic E-state index is 0. The first-order chi connectivity index (χ1) is 11.4. The molecule has 4 rings (SSSR count). The van der Waals surface area contributed by atoms with E-state index in [0.717, 1.165) is 0 Å². The quantitative estimate of drug-likeness (QED) is 0.364. The molecule has 0 aliphatic carbocycles. The third-order valence-corrected chi connectivity index (χ3v) is 3.04. The third-order valence-electron chi connectivity index (χ3n) is 3.04. The molecule has 0 saturated carbocycles. The zero-order valence-electron chi connectivity index (χ0n) is 13.6. The van der Waals surface area contributed by atoms with Crippen LogP contribution in [0.1, 0.15) is 11.1 Å². The average molecular weight is 389 g/mol. The van der Waals surface area contributed by atoms with Gasteiger partial charge in [-0.05, 0) is 0 Å². The van der Waals surface area contributed by atoms with Gasteiger partial charge in [0.15, 0.2) is 0 Å². The summed E-state index contributed by atoms with van der Waals surface area (Å²) in [5, 5.41) is 0. The van der Waals surface area contributed by atoms with E-state index in [1.165, 1.54) is 11.1 Å². The monoisotopic (exact) mass is 387 g/mol. The minimum atomic E-state index is 0. The standard InChI is InChI=1S/C13H11.2C5H5.Zr/c1-3-7-12(8-4-1)11-13-9-5-2-6-10-13;2*1-2-4-5-3-1;/h1-11H;2*1-5H;/q3*-1;+3. The molecule has 0 aliphatic heterocycles. The van der Waals surface area contributed by atoms with Crippen LogP contribution in [0.25, 0.3) is 0 Å². The largest absolute Gasteiger partial charge is 3.00 e. The smallest absolute Gasteiger partial charge is 0.214 e. The summed E-state index contributed by atoms with van der Waals surface area (Å²) in [7, 11) is 0. The molecule has 4 aromatic rings. The summed E-state index contributed by atoms with van der Waals surface area (Å²) in [6.07, 6.45) is 2.17. The molecule has 117 valence electrons. The number of hydrogen-bond donors (Lipinski definition) is 0. The van der Waals surface area contributed by atoms with Crippen LogP contribution in [0.15, 0.2) is 121 Å². The average Bonchev–Trinajstić information content (AvgIpc) is 3.35. The maximum Gasteiger partial charge on any atom is 3.00 e. The fourth-order valence-electron chi connectivity index (χ4n) is 1.93. The van der Waals surface area contributed by atoms with E-state index in [2.05, 4.69) is 55.0 Å². The molecule has 0 amide bonds. The zero-order chi connectivity index (χ0) is 16.0. The summed E-state index contributed by atoms with van der Waals surface area (Å²) in [5.74, 6) is 0. The second-order valence-electron chi connectivity index (χ2n) is 4.89. The van der Waals surface area contributed by atoms with E-state index >= 15 is 0 Å². The summed E-state index contributed by atoms with van der Waals surface area (Å²) in [6, 6.07) is 40.7. The van der Waals surface area contributed by atoms with E-state index in [4.69, 9.17) is 0 Å². The van der Waals surface area contributed by atoms with Gasteiger partial charge < -0.3 is 0 Å². The van der Waals surface area contributed by atoms with Gasteiger partial charge >= 0.3 is 26.2 Å². The molecule has 0 unspecified atom stereocenters. The molecular formula is C23H21Zr. The van der Waals surface area contributed by atoms with Gasteiger partial charge in [0.25, 0.3) is 0 Å². The van der Waals surface area contributed by atoms with E-state index in [-0.39, 0.29) is 26.2 Å². The molecule has 0 aliphatic rings. The van der Waals surface area contributed by atoms with Gasteiger partial charge in [-0.25, -0.2) is 24.3 Å². The van der Waals surface area contributed by atoms with Crippen LogP contribution >= 0.6 is 0 Å². The number of benzene rings is 2. The Morgan fingerprint density at radius 1 is 0.458 bits per heavy atom. The van der Waals surface area contributed by atoms with Crippen molar-refractivity contribution in [1.82, 2.24) is 0 Å². The van der Waals surface area contributed by atoms with E-state index in [1.807, 2.05) is 72.8 Å². The summed E-state index contributed by atoms with van der Waals surface area (Å²) in [5.41, 5.74) is 2.49. The van der Waals surface area contributed by atoms with Crippen molar-refractivity contribution in [3.8, 4) is 0 Å². The predicted octanol–water partition coefficient (Wildman–Crippen LogP) is 6.10. The Morgan fingerprint density at radius 2 is 0.792 bits per heavy atom. The van der Waals surface area contributed by atoms with Gasteiger partial charge in [-0.2, -0.15) is 36.4 Å². The Hall–Kier alpha value is -2.11. The molecule has 0 heterocycles. The van der Waals surface area contributed by atoms with Crippen molar-refractivity contribution in [2.75, 3.05) is 0 Å². The van der Waals surface area contributed by atoms with E-state index < -0.39 is 0 Å². The molecule has 0 nitrogen and oxygen atoms in total. The SMILES string of the molecule is [Zr+3].c1cc[cH-]c1.c1cc[cH-]c1.c1ccc([CH-]c2ccccc2)cc1. The first-order valence-electron chi connectivity index (χ1n) is 7.73. The predicted molar refractivity (Wildman–Crippen MR) is 99.5 cm³/mol. The summed E-state index contributed by atoms with van der Waals surface area (Å²) >= 11 is 0. The van der Waals surface area contributed by atoms with Crippen LogP contribution in [0.3, 0.4) is 0 Å². The first kappa shape index (κ1) is 19.9. The van der Waals surface area contributed by atoms with Gasteiger partial charge in [0.05, 0.1) is 0 Å². The molecule has 4 aromatic carbocycles.